The summed E-state index contributed by atoms with van der Waals surface area (Å²) >= 11 is 0. The zero-order chi connectivity index (χ0) is 8.97. The van der Waals surface area contributed by atoms with Gasteiger partial charge in [-0.25, -0.2) is 0 Å². The number of carboxylic acids is 1. The van der Waals surface area contributed by atoms with E-state index in [0.717, 1.165) is 6.42 Å². The van der Waals surface area contributed by atoms with Crippen molar-refractivity contribution in [3.63, 3.8) is 0 Å². The Kier molecular flexibility index (Phi) is 3.29. The second-order valence-electron chi connectivity index (χ2n) is 2.90. The maximum atomic E-state index is 10.5. The molecule has 0 aromatic carbocycles. The van der Waals surface area contributed by atoms with E-state index in [1.165, 1.54) is 0 Å². The molecule has 0 saturated carbocycles. The van der Waals surface area contributed by atoms with Crippen molar-refractivity contribution < 1.29 is 14.6 Å². The Balaban J connectivity index is 2.42. The highest BCUT2D eigenvalue weighted by Gasteiger charge is 2.20. The summed E-state index contributed by atoms with van der Waals surface area (Å²) in [5.41, 5.74) is 0. The molecule has 0 aromatic rings. The zero-order valence-electron chi connectivity index (χ0n) is 7.19. The zero-order valence-corrected chi connectivity index (χ0v) is 7.19. The van der Waals surface area contributed by atoms with Crippen molar-refractivity contribution in [1.82, 2.24) is 0 Å². The Labute approximate surface area is 72.0 Å². The summed E-state index contributed by atoms with van der Waals surface area (Å²) in [5, 5.41) is 8.66. The lowest BCUT2D eigenvalue weighted by atomic mass is 9.94. The lowest BCUT2D eigenvalue weighted by molar-refractivity contribution is -0.140. The average molecular weight is 170 g/mol. The molecular formula is C9H14O3. The molecule has 1 aliphatic carbocycles. The van der Waals surface area contributed by atoms with Crippen molar-refractivity contribution >= 4 is 5.97 Å². The molecule has 2 atom stereocenters. The van der Waals surface area contributed by atoms with Crippen LogP contribution in [0.2, 0.25) is 0 Å². The van der Waals surface area contributed by atoms with Crippen LogP contribution in [-0.4, -0.2) is 23.8 Å². The molecule has 0 heterocycles. The highest BCUT2D eigenvalue weighted by atomic mass is 16.5. The fourth-order valence-electron chi connectivity index (χ4n) is 1.35. The minimum absolute atomic E-state index is 0.130. The lowest BCUT2D eigenvalue weighted by Crippen LogP contribution is -2.21. The van der Waals surface area contributed by atoms with Crippen LogP contribution in [0.5, 0.6) is 0 Å². The molecule has 0 aliphatic heterocycles. The van der Waals surface area contributed by atoms with Crippen LogP contribution in [0.3, 0.4) is 0 Å². The van der Waals surface area contributed by atoms with Crippen LogP contribution in [0, 0.1) is 5.92 Å². The summed E-state index contributed by atoms with van der Waals surface area (Å²) in [7, 11) is 0. The molecule has 2 unspecified atom stereocenters. The van der Waals surface area contributed by atoms with Gasteiger partial charge in [0, 0.05) is 6.61 Å². The first-order valence-electron chi connectivity index (χ1n) is 4.26. The van der Waals surface area contributed by atoms with Gasteiger partial charge in [0.2, 0.25) is 0 Å². The molecule has 0 radical (unpaired) electrons. The van der Waals surface area contributed by atoms with Gasteiger partial charge in [-0.05, 0) is 19.8 Å². The third kappa shape index (κ3) is 2.34. The van der Waals surface area contributed by atoms with Crippen molar-refractivity contribution in [2.45, 2.75) is 25.9 Å². The highest BCUT2D eigenvalue weighted by Crippen LogP contribution is 2.19. The normalized spacial score (nSPS) is 28.8. The molecule has 3 nitrogen and oxygen atoms in total. The molecular weight excluding hydrogens is 156 g/mol. The Hall–Kier alpha value is -0.830. The van der Waals surface area contributed by atoms with E-state index in [1.54, 1.807) is 6.08 Å². The summed E-state index contributed by atoms with van der Waals surface area (Å²) in [6.07, 6.45) is 5.22. The van der Waals surface area contributed by atoms with Crippen LogP contribution in [-0.2, 0) is 9.53 Å². The van der Waals surface area contributed by atoms with Crippen molar-refractivity contribution in [3.8, 4) is 0 Å². The monoisotopic (exact) mass is 170 g/mol. The van der Waals surface area contributed by atoms with E-state index in [4.69, 9.17) is 9.84 Å². The third-order valence-electron chi connectivity index (χ3n) is 2.02. The molecule has 0 amide bonds. The van der Waals surface area contributed by atoms with Gasteiger partial charge in [0.25, 0.3) is 0 Å². The standard InChI is InChI=1S/C9H14O3/c1-2-12-8-5-3-7(4-6-8)9(10)11/h3,5,7-8H,2,4,6H2,1H3,(H,10,11). The number of carboxylic acid groups (broad SMARTS) is 1. The van der Waals surface area contributed by atoms with Crippen molar-refractivity contribution in [1.29, 1.82) is 0 Å². The van der Waals surface area contributed by atoms with Gasteiger partial charge in [-0.1, -0.05) is 12.2 Å². The molecule has 1 aliphatic rings. The summed E-state index contributed by atoms with van der Waals surface area (Å²) in [5.74, 6) is -1.04. The number of hydrogen-bond acceptors (Lipinski definition) is 2. The van der Waals surface area contributed by atoms with Crippen LogP contribution in [0.25, 0.3) is 0 Å². The summed E-state index contributed by atoms with van der Waals surface area (Å²) in [4.78, 5) is 10.5. The number of rotatable bonds is 3. The van der Waals surface area contributed by atoms with Gasteiger partial charge in [-0.2, -0.15) is 0 Å². The maximum Gasteiger partial charge on any atom is 0.310 e. The van der Waals surface area contributed by atoms with Crippen molar-refractivity contribution in [2.75, 3.05) is 6.61 Å². The van der Waals surface area contributed by atoms with Crippen molar-refractivity contribution in [2.24, 2.45) is 5.92 Å². The third-order valence-corrected chi connectivity index (χ3v) is 2.02. The Morgan fingerprint density at radius 2 is 2.33 bits per heavy atom. The molecule has 68 valence electrons. The molecule has 0 aromatic heterocycles. The van der Waals surface area contributed by atoms with Gasteiger partial charge in [0.15, 0.2) is 0 Å². The Bertz CT molecular complexity index is 186. The lowest BCUT2D eigenvalue weighted by Gasteiger charge is -2.19. The molecule has 1 rings (SSSR count). The van der Waals surface area contributed by atoms with Gasteiger partial charge in [-0.3, -0.25) is 4.79 Å². The predicted octanol–water partition coefficient (Wildman–Crippen LogP) is 1.44. The van der Waals surface area contributed by atoms with Crippen LogP contribution < -0.4 is 0 Å². The van der Waals surface area contributed by atoms with Crippen molar-refractivity contribution in [3.05, 3.63) is 12.2 Å². The van der Waals surface area contributed by atoms with Crippen LogP contribution in [0.4, 0.5) is 0 Å². The van der Waals surface area contributed by atoms with Gasteiger partial charge in [0.1, 0.15) is 0 Å². The van der Waals surface area contributed by atoms with Gasteiger partial charge in [-0.15, -0.1) is 0 Å². The van der Waals surface area contributed by atoms with Gasteiger partial charge in [0.05, 0.1) is 12.0 Å². The highest BCUT2D eigenvalue weighted by molar-refractivity contribution is 5.72. The summed E-state index contributed by atoms with van der Waals surface area (Å²) in [6, 6.07) is 0. The number of hydrogen-bond donors (Lipinski definition) is 1. The molecule has 3 heteroatoms. The quantitative estimate of drug-likeness (QED) is 0.652. The number of ether oxygens (including phenoxy) is 1. The van der Waals surface area contributed by atoms with E-state index < -0.39 is 5.97 Å². The minimum atomic E-state index is -0.735. The molecule has 0 fully saturated rings. The summed E-state index contributed by atoms with van der Waals surface area (Å²) in [6.45, 7) is 2.63. The first kappa shape index (κ1) is 9.26. The number of carbonyl (C=O) groups is 1. The molecule has 1 N–H and O–H groups in total. The minimum Gasteiger partial charge on any atom is -0.481 e. The summed E-state index contributed by atoms with van der Waals surface area (Å²) < 4.78 is 5.33. The van der Waals surface area contributed by atoms with Crippen LogP contribution in [0.15, 0.2) is 12.2 Å². The van der Waals surface area contributed by atoms with Gasteiger partial charge >= 0.3 is 5.97 Å². The van der Waals surface area contributed by atoms with Crippen LogP contribution in [0.1, 0.15) is 19.8 Å². The fraction of sp³-hybridized carbons (Fsp3) is 0.667. The average Bonchev–Trinajstić information content (AvgIpc) is 2.06. The van der Waals surface area contributed by atoms with E-state index >= 15 is 0 Å². The van der Waals surface area contributed by atoms with E-state index in [-0.39, 0.29) is 12.0 Å². The largest absolute Gasteiger partial charge is 0.481 e. The molecule has 0 saturated heterocycles. The van der Waals surface area contributed by atoms with E-state index in [9.17, 15) is 4.79 Å². The Morgan fingerprint density at radius 3 is 2.75 bits per heavy atom. The molecule has 0 bridgehead atoms. The molecule has 12 heavy (non-hydrogen) atoms. The maximum absolute atomic E-state index is 10.5. The van der Waals surface area contributed by atoms with E-state index in [1.807, 2.05) is 13.0 Å². The second-order valence-corrected chi connectivity index (χ2v) is 2.90. The predicted molar refractivity (Wildman–Crippen MR) is 44.9 cm³/mol. The first-order valence-corrected chi connectivity index (χ1v) is 4.26. The van der Waals surface area contributed by atoms with Gasteiger partial charge < -0.3 is 9.84 Å². The van der Waals surface area contributed by atoms with Crippen LogP contribution >= 0.6 is 0 Å². The SMILES string of the molecule is CCOC1C=CC(C(=O)O)CC1. The Morgan fingerprint density at radius 1 is 1.58 bits per heavy atom. The first-order chi connectivity index (χ1) is 5.74. The molecule has 0 spiro atoms. The second kappa shape index (κ2) is 4.26. The smallest absolute Gasteiger partial charge is 0.310 e. The fourth-order valence-corrected chi connectivity index (χ4v) is 1.35. The van der Waals surface area contributed by atoms with E-state index in [0.29, 0.717) is 13.0 Å². The number of aliphatic carboxylic acids is 1. The topological polar surface area (TPSA) is 46.5 Å². The van der Waals surface area contributed by atoms with E-state index in [2.05, 4.69) is 0 Å².